The molecule has 2 heterocycles. The first-order valence-corrected chi connectivity index (χ1v) is 5.51. The highest BCUT2D eigenvalue weighted by atomic mass is 35.5. The number of aliphatic hydroxyl groups is 1. The van der Waals surface area contributed by atoms with Crippen molar-refractivity contribution >= 4 is 17.4 Å². The third-order valence-corrected chi connectivity index (χ3v) is 3.03. The molecule has 1 N–H and O–H groups in total. The smallest absolute Gasteiger partial charge is 0.171 e. The predicted molar refractivity (Wildman–Crippen MR) is 59.1 cm³/mol. The Morgan fingerprint density at radius 2 is 2.27 bits per heavy atom. The fourth-order valence-corrected chi connectivity index (χ4v) is 2.19. The van der Waals surface area contributed by atoms with Gasteiger partial charge < -0.3 is 10.0 Å². The fraction of sp³-hybridized carbons (Fsp3) is 0.600. The minimum absolute atomic E-state index is 0.257. The van der Waals surface area contributed by atoms with Crippen molar-refractivity contribution in [3.8, 4) is 0 Å². The van der Waals surface area contributed by atoms with E-state index < -0.39 is 0 Å². The molecule has 0 amide bonds. The quantitative estimate of drug-likeness (QED) is 0.847. The van der Waals surface area contributed by atoms with Crippen LogP contribution in [0, 0.1) is 5.92 Å². The molecule has 0 radical (unpaired) electrons. The van der Waals surface area contributed by atoms with Crippen molar-refractivity contribution in [2.24, 2.45) is 5.92 Å². The summed E-state index contributed by atoms with van der Waals surface area (Å²) in [5, 5.41) is 9.33. The van der Waals surface area contributed by atoms with Crippen LogP contribution in [0.4, 0.5) is 5.82 Å². The van der Waals surface area contributed by atoms with Gasteiger partial charge in [-0.2, -0.15) is 0 Å². The second kappa shape index (κ2) is 4.77. The maximum atomic E-state index is 8.87. The van der Waals surface area contributed by atoms with E-state index in [1.165, 1.54) is 0 Å². The van der Waals surface area contributed by atoms with Crippen molar-refractivity contribution in [2.45, 2.75) is 12.8 Å². The molecule has 1 aromatic rings. The molecule has 1 fully saturated rings. The van der Waals surface area contributed by atoms with Crippen molar-refractivity contribution < 1.29 is 5.11 Å². The molecule has 0 aliphatic carbocycles. The minimum Gasteiger partial charge on any atom is -0.396 e. The topological polar surface area (TPSA) is 49.2 Å². The van der Waals surface area contributed by atoms with Crippen LogP contribution in [0.25, 0.3) is 0 Å². The Labute approximate surface area is 93.9 Å². The fourth-order valence-electron chi connectivity index (χ4n) is 1.97. The van der Waals surface area contributed by atoms with E-state index in [-0.39, 0.29) is 6.61 Å². The zero-order valence-electron chi connectivity index (χ0n) is 8.43. The lowest BCUT2D eigenvalue weighted by molar-refractivity contribution is 0.263. The normalized spacial score (nSPS) is 20.9. The highest BCUT2D eigenvalue weighted by Crippen LogP contribution is 2.27. The number of aromatic nitrogens is 2. The second-order valence-electron chi connectivity index (χ2n) is 3.78. The Kier molecular flexibility index (Phi) is 3.38. The lowest BCUT2D eigenvalue weighted by atomic mass is 10.1. The van der Waals surface area contributed by atoms with Crippen LogP contribution in [0.1, 0.15) is 12.8 Å². The standard InChI is InChI=1S/C10H14ClN3O/c11-9-10(13-4-3-12-9)14-5-1-8(7-14)2-6-15/h3-4,8,15H,1-2,5-7H2. The summed E-state index contributed by atoms with van der Waals surface area (Å²) < 4.78 is 0. The number of hydrogen-bond donors (Lipinski definition) is 1. The van der Waals surface area contributed by atoms with E-state index in [2.05, 4.69) is 14.9 Å². The van der Waals surface area contributed by atoms with E-state index in [0.29, 0.717) is 11.1 Å². The van der Waals surface area contributed by atoms with Gasteiger partial charge in [-0.1, -0.05) is 11.6 Å². The number of nitrogens with zero attached hydrogens (tertiary/aromatic N) is 3. The monoisotopic (exact) mass is 227 g/mol. The Bertz CT molecular complexity index is 334. The molecular formula is C10H14ClN3O. The Hall–Kier alpha value is -0.870. The van der Waals surface area contributed by atoms with Crippen molar-refractivity contribution in [2.75, 3.05) is 24.6 Å². The molecule has 2 rings (SSSR count). The minimum atomic E-state index is 0.257. The van der Waals surface area contributed by atoms with Gasteiger partial charge in [0.25, 0.3) is 0 Å². The SMILES string of the molecule is OCCC1CCN(c2nccnc2Cl)C1. The summed E-state index contributed by atoms with van der Waals surface area (Å²) in [6.45, 7) is 2.12. The van der Waals surface area contributed by atoms with Gasteiger partial charge in [-0.25, -0.2) is 9.97 Å². The molecule has 0 bridgehead atoms. The number of aliphatic hydroxyl groups excluding tert-OH is 1. The zero-order valence-corrected chi connectivity index (χ0v) is 9.19. The summed E-state index contributed by atoms with van der Waals surface area (Å²) in [5.41, 5.74) is 0. The van der Waals surface area contributed by atoms with Crippen LogP contribution in [0.15, 0.2) is 12.4 Å². The lowest BCUT2D eigenvalue weighted by Crippen LogP contribution is -2.21. The van der Waals surface area contributed by atoms with Gasteiger partial charge >= 0.3 is 0 Å². The van der Waals surface area contributed by atoms with Crippen LogP contribution in [0.5, 0.6) is 0 Å². The van der Waals surface area contributed by atoms with Crippen LogP contribution >= 0.6 is 11.6 Å². The molecule has 1 aliphatic rings. The third-order valence-electron chi connectivity index (χ3n) is 2.76. The highest BCUT2D eigenvalue weighted by molar-refractivity contribution is 6.31. The van der Waals surface area contributed by atoms with Gasteiger partial charge in [0.05, 0.1) is 0 Å². The van der Waals surface area contributed by atoms with Crippen LogP contribution in [-0.4, -0.2) is 34.8 Å². The summed E-state index contributed by atoms with van der Waals surface area (Å²) in [6.07, 6.45) is 5.19. The molecule has 1 unspecified atom stereocenters. The number of hydrogen-bond acceptors (Lipinski definition) is 4. The number of rotatable bonds is 3. The van der Waals surface area contributed by atoms with Gasteiger partial charge in [-0.05, 0) is 18.8 Å². The average Bonchev–Trinajstić information content (AvgIpc) is 2.68. The first kappa shape index (κ1) is 10.6. The third kappa shape index (κ3) is 2.38. The van der Waals surface area contributed by atoms with Gasteiger partial charge in [-0.15, -0.1) is 0 Å². The Balaban J connectivity index is 2.04. The van der Waals surface area contributed by atoms with Gasteiger partial charge in [0, 0.05) is 32.1 Å². The molecule has 1 aliphatic heterocycles. The average molecular weight is 228 g/mol. The maximum Gasteiger partial charge on any atom is 0.171 e. The van der Waals surface area contributed by atoms with Crippen LogP contribution in [0.2, 0.25) is 5.15 Å². The molecule has 1 saturated heterocycles. The molecule has 1 atom stereocenters. The number of anilines is 1. The van der Waals surface area contributed by atoms with E-state index >= 15 is 0 Å². The van der Waals surface area contributed by atoms with Gasteiger partial charge in [0.1, 0.15) is 0 Å². The van der Waals surface area contributed by atoms with Crippen molar-refractivity contribution in [1.82, 2.24) is 9.97 Å². The largest absolute Gasteiger partial charge is 0.396 e. The van der Waals surface area contributed by atoms with E-state index in [4.69, 9.17) is 16.7 Å². The summed E-state index contributed by atoms with van der Waals surface area (Å²) in [7, 11) is 0. The summed E-state index contributed by atoms with van der Waals surface area (Å²) in [5.74, 6) is 1.31. The van der Waals surface area contributed by atoms with Crippen molar-refractivity contribution in [1.29, 1.82) is 0 Å². The molecular weight excluding hydrogens is 214 g/mol. The van der Waals surface area contributed by atoms with Crippen molar-refractivity contribution in [3.63, 3.8) is 0 Å². The number of halogens is 1. The summed E-state index contributed by atoms with van der Waals surface area (Å²) in [6, 6.07) is 0. The lowest BCUT2D eigenvalue weighted by Gasteiger charge is -2.17. The first-order valence-electron chi connectivity index (χ1n) is 5.13. The van der Waals surface area contributed by atoms with Gasteiger partial charge in [-0.3, -0.25) is 0 Å². The second-order valence-corrected chi connectivity index (χ2v) is 4.14. The molecule has 0 spiro atoms. The van der Waals surface area contributed by atoms with Crippen LogP contribution in [0.3, 0.4) is 0 Å². The first-order chi connectivity index (χ1) is 7.31. The Morgan fingerprint density at radius 1 is 1.47 bits per heavy atom. The van der Waals surface area contributed by atoms with Gasteiger partial charge in [0.2, 0.25) is 0 Å². The molecule has 5 heteroatoms. The van der Waals surface area contributed by atoms with Crippen LogP contribution < -0.4 is 4.90 Å². The molecule has 1 aromatic heterocycles. The summed E-state index contributed by atoms with van der Waals surface area (Å²) in [4.78, 5) is 10.4. The highest BCUT2D eigenvalue weighted by Gasteiger charge is 2.24. The van der Waals surface area contributed by atoms with E-state index in [1.54, 1.807) is 12.4 Å². The molecule has 82 valence electrons. The molecule has 0 aromatic carbocycles. The Morgan fingerprint density at radius 3 is 3.00 bits per heavy atom. The zero-order chi connectivity index (χ0) is 10.7. The van der Waals surface area contributed by atoms with Crippen molar-refractivity contribution in [3.05, 3.63) is 17.5 Å². The molecule has 0 saturated carbocycles. The maximum absolute atomic E-state index is 8.87. The van der Waals surface area contributed by atoms with E-state index in [0.717, 1.165) is 31.7 Å². The summed E-state index contributed by atoms with van der Waals surface area (Å²) >= 11 is 5.96. The van der Waals surface area contributed by atoms with E-state index in [9.17, 15) is 0 Å². The van der Waals surface area contributed by atoms with Gasteiger partial charge in [0.15, 0.2) is 11.0 Å². The predicted octanol–water partition coefficient (Wildman–Crippen LogP) is 1.34. The van der Waals surface area contributed by atoms with Crippen LogP contribution in [-0.2, 0) is 0 Å². The molecule has 15 heavy (non-hydrogen) atoms. The molecule has 4 nitrogen and oxygen atoms in total. The van der Waals surface area contributed by atoms with E-state index in [1.807, 2.05) is 0 Å².